The standard InChI is InChI=1S/C14H21N7.C13H15F3N6.C13H19N7.C12H16ClN7.C12H14F3N7.3CH4/c1-8-9(2)19-20-13(8)11-6-12(18-14(15)17-11)21-5-4-10(7-21)16-3;1-8-2-3-21(6-8)11-4-10(19-12(17)20-11)9-5-18-22(7-9)13(14,15)16;1-8-6-16-19-12(8)10-5-11(18-13(14)17-10)20-4-3-9(7-20)15-2;1-15-7-2-3-20(6-7)10-4-9(17-12(14)18-10)11-8(13)5-16-19-11;1-17-8-5-21(6-8)10-2-9(19-11(16)20-10)7-3-18-22(4-7)12(13,14)15;;;/h6,10,16H,4-5,7H2,1-3H3,(H,19,20)(H2,15,17,18);4-5,7-8H,2-3,6H2,1H3,(H2,17,19,20);5-6,9,15H,3-4,7H2,1-2H3,(H,16,19)(H2,14,17,18);4-5,7,15H,2-3,6H2,1H3,(H,16,19)(H2,14,17,18);2-4,8,17H,5-6H2,1H3,(H2,16,19,20);3*1H4/t10-;8-;9-;7-;;;;/m1111..../s1. The molecule has 0 aromatic carbocycles. The van der Waals surface area contributed by atoms with E-state index in [1.165, 1.54) is 0 Å². The number of halogens is 7. The predicted molar refractivity (Wildman–Crippen MR) is 410 cm³/mol. The molecular weight excluding hydrogens is 1430 g/mol. The highest BCUT2D eigenvalue weighted by atomic mass is 35.5. The van der Waals surface area contributed by atoms with Crippen LogP contribution in [-0.2, 0) is 12.6 Å². The number of aromatic nitrogens is 20. The molecule has 584 valence electrons. The SMILES string of the molecule is C.C.C.CNC1CN(c2cc(-c3cnn(C(F)(F)F)c3)nc(N)n2)C1.CN[C@@H]1CCN(c2cc(-c3[nH]ncc3C)nc(N)n2)C1.CN[C@@H]1CCN(c2cc(-c3[nH]ncc3Cl)nc(N)n2)C1.CN[C@@H]1CCN(c2cc(-c3n[nH]c(C)c3C)nc(N)n2)C1.C[C@@H]1CCN(c2cc(-c3cnn(C(F)(F)F)c3)nc(N)n2)C1. The van der Waals surface area contributed by atoms with Crippen molar-refractivity contribution in [1.82, 2.24) is 121 Å². The number of H-pyrrole nitrogens is 3. The third kappa shape index (κ3) is 20.2. The first-order chi connectivity index (χ1) is 50.1. The first-order valence-electron chi connectivity index (χ1n) is 33.7. The van der Waals surface area contributed by atoms with Crippen LogP contribution in [0.2, 0.25) is 5.02 Å². The molecule has 0 spiro atoms. The third-order valence-electron chi connectivity index (χ3n) is 18.5. The van der Waals surface area contributed by atoms with Crippen molar-refractivity contribution in [2.24, 2.45) is 5.92 Å². The molecular formula is C67H97ClF6N34. The zero-order valence-corrected chi connectivity index (χ0v) is 59.8. The lowest BCUT2D eigenvalue weighted by Crippen LogP contribution is -2.57. The molecule has 108 heavy (non-hydrogen) atoms. The maximum absolute atomic E-state index is 12.6. The van der Waals surface area contributed by atoms with Crippen LogP contribution in [0, 0.1) is 26.7 Å². The fraction of sp³-hybridized carbons (Fsp3) is 0.478. The van der Waals surface area contributed by atoms with E-state index in [-0.39, 0.29) is 66.6 Å². The van der Waals surface area contributed by atoms with Crippen molar-refractivity contribution in [3.05, 3.63) is 89.4 Å². The van der Waals surface area contributed by atoms with E-state index in [2.05, 4.69) is 138 Å². The quantitative estimate of drug-likeness (QED) is 0.0476. The lowest BCUT2D eigenvalue weighted by Gasteiger charge is -2.40. The van der Waals surface area contributed by atoms with E-state index in [0.717, 1.165) is 173 Å². The number of rotatable bonds is 14. The van der Waals surface area contributed by atoms with Crippen molar-refractivity contribution in [3.8, 4) is 56.7 Å². The monoisotopic (exact) mass is 1530 g/mol. The van der Waals surface area contributed by atoms with Gasteiger partial charge in [-0.05, 0) is 91.7 Å². The zero-order chi connectivity index (χ0) is 75.0. The van der Waals surface area contributed by atoms with Crippen molar-refractivity contribution in [3.63, 3.8) is 0 Å². The Kier molecular flexibility index (Phi) is 27.4. The van der Waals surface area contributed by atoms with Crippen LogP contribution in [0.3, 0.4) is 0 Å². The van der Waals surface area contributed by atoms with Gasteiger partial charge in [0.05, 0.1) is 64.0 Å². The van der Waals surface area contributed by atoms with Gasteiger partial charge in [-0.3, -0.25) is 15.3 Å². The number of hydrogen-bond acceptors (Lipinski definition) is 29. The summed E-state index contributed by atoms with van der Waals surface area (Å²) >= 11 is 6.07. The summed E-state index contributed by atoms with van der Waals surface area (Å²) in [5.41, 5.74) is 37.8. The number of nitrogens with zero attached hydrogens (tertiary/aromatic N) is 22. The Morgan fingerprint density at radius 1 is 0.435 bits per heavy atom. The second kappa shape index (κ2) is 35.7. The molecule has 0 radical (unpaired) electrons. The predicted octanol–water partition coefficient (Wildman–Crippen LogP) is 7.28. The van der Waals surface area contributed by atoms with Crippen molar-refractivity contribution in [1.29, 1.82) is 0 Å². The molecule has 10 aromatic rings. The summed E-state index contributed by atoms with van der Waals surface area (Å²) in [6.07, 6.45) is 2.54. The molecule has 15 heterocycles. The molecule has 15 rings (SSSR count). The van der Waals surface area contributed by atoms with Gasteiger partial charge in [-0.25, -0.2) is 24.9 Å². The lowest BCUT2D eigenvalue weighted by molar-refractivity contribution is -0.213. The van der Waals surface area contributed by atoms with Gasteiger partial charge in [-0.15, -0.1) is 26.3 Å². The number of anilines is 10. The van der Waals surface area contributed by atoms with Crippen LogP contribution in [0.5, 0.6) is 0 Å². The number of nitrogen functional groups attached to an aromatic ring is 5. The molecule has 4 atom stereocenters. The summed E-state index contributed by atoms with van der Waals surface area (Å²) in [6.45, 7) is 17.0. The van der Waals surface area contributed by atoms with Crippen LogP contribution in [0.25, 0.3) is 56.7 Å². The Labute approximate surface area is 626 Å². The second-order valence-electron chi connectivity index (χ2n) is 25.9. The topological polar surface area (TPSA) is 445 Å². The van der Waals surface area contributed by atoms with E-state index < -0.39 is 12.6 Å². The Morgan fingerprint density at radius 2 is 0.787 bits per heavy atom. The summed E-state index contributed by atoms with van der Waals surface area (Å²) < 4.78 is 75.4. The average molecular weight is 1530 g/mol. The molecule has 0 amide bonds. The number of hydrogen-bond donors (Lipinski definition) is 12. The van der Waals surface area contributed by atoms with Gasteiger partial charge in [0.15, 0.2) is 0 Å². The normalized spacial score (nSPS) is 17.6. The molecule has 10 aromatic heterocycles. The van der Waals surface area contributed by atoms with E-state index in [9.17, 15) is 26.3 Å². The summed E-state index contributed by atoms with van der Waals surface area (Å²) in [5, 5.41) is 41.2. The van der Waals surface area contributed by atoms with Crippen LogP contribution in [0.4, 0.5) is 85.2 Å². The Morgan fingerprint density at radius 3 is 1.13 bits per heavy atom. The smallest absolute Gasteiger partial charge is 0.368 e. The largest absolute Gasteiger partial charge is 0.504 e. The molecule has 41 heteroatoms. The van der Waals surface area contributed by atoms with Gasteiger partial charge in [0.1, 0.15) is 40.5 Å². The first kappa shape index (κ1) is 82.8. The minimum absolute atomic E-state index is 0. The van der Waals surface area contributed by atoms with Crippen LogP contribution in [-0.4, -0.2) is 218 Å². The van der Waals surface area contributed by atoms with Gasteiger partial charge in [-0.2, -0.15) is 59.8 Å². The number of likely N-dealkylation sites (N-methyl/N-ethyl adjacent to an activating group) is 4. The minimum Gasteiger partial charge on any atom is -0.368 e. The maximum Gasteiger partial charge on any atom is 0.504 e. The zero-order valence-electron chi connectivity index (χ0n) is 59.0. The summed E-state index contributed by atoms with van der Waals surface area (Å²) in [5.74, 6) is 5.19. The van der Waals surface area contributed by atoms with Crippen LogP contribution in [0.15, 0.2) is 67.5 Å². The van der Waals surface area contributed by atoms with Crippen LogP contribution < -0.4 is 74.4 Å². The molecule has 5 fully saturated rings. The van der Waals surface area contributed by atoms with E-state index in [0.29, 0.717) is 75.5 Å². The molecule has 0 saturated carbocycles. The maximum atomic E-state index is 12.6. The minimum atomic E-state index is -4.56. The van der Waals surface area contributed by atoms with Crippen LogP contribution in [0.1, 0.15) is 71.7 Å². The molecule has 5 aliphatic heterocycles. The summed E-state index contributed by atoms with van der Waals surface area (Å²) in [4.78, 5) is 52.9. The average Bonchev–Trinajstić information content (AvgIpc) is 1.65. The second-order valence-corrected chi connectivity index (χ2v) is 26.3. The molecule has 17 N–H and O–H groups in total. The highest BCUT2D eigenvalue weighted by molar-refractivity contribution is 6.32. The van der Waals surface area contributed by atoms with Crippen molar-refractivity contribution >= 4 is 70.4 Å². The van der Waals surface area contributed by atoms with Gasteiger partial charge < -0.3 is 74.4 Å². The van der Waals surface area contributed by atoms with Crippen LogP contribution >= 0.6 is 11.6 Å². The number of aryl methyl sites for hydroxylation is 2. The fourth-order valence-electron chi connectivity index (χ4n) is 12.3. The summed E-state index contributed by atoms with van der Waals surface area (Å²) in [6, 6.07) is 10.9. The van der Waals surface area contributed by atoms with Gasteiger partial charge in [0.2, 0.25) is 29.7 Å². The Bertz CT molecular complexity index is 4440. The first-order valence-corrected chi connectivity index (χ1v) is 34.1. The summed E-state index contributed by atoms with van der Waals surface area (Å²) in [7, 11) is 7.82. The highest BCUT2D eigenvalue weighted by Gasteiger charge is 2.35. The Balaban J connectivity index is 0.000000169. The number of nitrogens with one attached hydrogen (secondary N) is 7. The lowest BCUT2D eigenvalue weighted by atomic mass is 10.1. The molecule has 5 saturated heterocycles. The molecule has 0 unspecified atom stereocenters. The molecule has 34 nitrogen and oxygen atoms in total. The van der Waals surface area contributed by atoms with E-state index in [4.69, 9.17) is 40.3 Å². The van der Waals surface area contributed by atoms with E-state index in [1.807, 2.05) is 72.1 Å². The van der Waals surface area contributed by atoms with Crippen molar-refractivity contribution < 1.29 is 26.3 Å². The number of nitrogens with two attached hydrogens (primary N) is 5. The van der Waals surface area contributed by atoms with Gasteiger partial charge in [0, 0.05) is 149 Å². The van der Waals surface area contributed by atoms with Gasteiger partial charge in [0.25, 0.3) is 0 Å². The van der Waals surface area contributed by atoms with Gasteiger partial charge >= 0.3 is 12.6 Å². The fourth-order valence-corrected chi connectivity index (χ4v) is 12.5. The Hall–Kier alpha value is -10.8. The number of aromatic amines is 3. The molecule has 0 aliphatic carbocycles. The van der Waals surface area contributed by atoms with E-state index >= 15 is 0 Å². The highest BCUT2D eigenvalue weighted by Crippen LogP contribution is 2.34. The van der Waals surface area contributed by atoms with Gasteiger partial charge in [-0.1, -0.05) is 40.8 Å². The number of alkyl halides is 6. The van der Waals surface area contributed by atoms with Crippen molar-refractivity contribution in [2.75, 3.05) is 147 Å². The molecule has 0 bridgehead atoms. The van der Waals surface area contributed by atoms with Crippen molar-refractivity contribution in [2.45, 2.75) is 112 Å². The third-order valence-corrected chi connectivity index (χ3v) is 18.8. The molecule has 5 aliphatic rings. The van der Waals surface area contributed by atoms with E-state index in [1.54, 1.807) is 24.5 Å².